The summed E-state index contributed by atoms with van der Waals surface area (Å²) in [6.45, 7) is 3.40. The molecule has 158 valence electrons. The van der Waals surface area contributed by atoms with Gasteiger partial charge in [-0.25, -0.2) is 10.4 Å². The Hall–Kier alpha value is -4.12. The van der Waals surface area contributed by atoms with Gasteiger partial charge in [-0.05, 0) is 47.5 Å². The summed E-state index contributed by atoms with van der Waals surface area (Å²) >= 11 is 0. The predicted octanol–water partition coefficient (Wildman–Crippen LogP) is 6.23. The standard InChI is InChI=1S/C27H24N4O/c1-2-31-25-16-7-6-15-24(25)29-27(31)30-28-18-21-11-4-8-17-26(21)32-19-22-13-9-12-20-10-3-5-14-23(20)22/h3-18H,2,19H2,1H3,(H,29,30)/b28-18-. The molecule has 1 N–H and O–H groups in total. The van der Waals surface area contributed by atoms with Gasteiger partial charge in [0.15, 0.2) is 0 Å². The van der Waals surface area contributed by atoms with Crippen LogP contribution in [0.1, 0.15) is 18.1 Å². The molecule has 0 spiro atoms. The molecule has 0 saturated heterocycles. The van der Waals surface area contributed by atoms with Crippen LogP contribution < -0.4 is 10.2 Å². The van der Waals surface area contributed by atoms with E-state index in [1.54, 1.807) is 6.21 Å². The quantitative estimate of drug-likeness (QED) is 0.251. The number of hydrogen-bond acceptors (Lipinski definition) is 4. The van der Waals surface area contributed by atoms with Crippen molar-refractivity contribution in [2.45, 2.75) is 20.1 Å². The molecule has 0 bridgehead atoms. The summed E-state index contributed by atoms with van der Waals surface area (Å²) in [5, 5.41) is 6.87. The molecule has 5 rings (SSSR count). The number of aromatic nitrogens is 2. The number of nitrogens with one attached hydrogen (secondary N) is 1. The van der Waals surface area contributed by atoms with Crippen LogP contribution in [0.5, 0.6) is 5.75 Å². The predicted molar refractivity (Wildman–Crippen MR) is 131 cm³/mol. The molecule has 1 heterocycles. The van der Waals surface area contributed by atoms with E-state index < -0.39 is 0 Å². The van der Waals surface area contributed by atoms with E-state index in [4.69, 9.17) is 4.74 Å². The van der Waals surface area contributed by atoms with Crippen molar-refractivity contribution in [3.63, 3.8) is 0 Å². The summed E-state index contributed by atoms with van der Waals surface area (Å²) in [5.74, 6) is 1.51. The minimum absolute atomic E-state index is 0.491. The molecule has 5 nitrogen and oxygen atoms in total. The highest BCUT2D eigenvalue weighted by atomic mass is 16.5. The lowest BCUT2D eigenvalue weighted by Crippen LogP contribution is -2.03. The summed E-state index contributed by atoms with van der Waals surface area (Å²) in [6, 6.07) is 30.7. The Morgan fingerprint density at radius 2 is 1.69 bits per heavy atom. The van der Waals surface area contributed by atoms with Crippen molar-refractivity contribution in [1.29, 1.82) is 0 Å². The minimum Gasteiger partial charge on any atom is -0.488 e. The topological polar surface area (TPSA) is 51.4 Å². The number of imidazole rings is 1. The Bertz CT molecular complexity index is 1400. The number of anilines is 1. The second kappa shape index (κ2) is 8.94. The Balaban J connectivity index is 1.34. The molecule has 0 saturated carbocycles. The van der Waals surface area contributed by atoms with Crippen LogP contribution in [0.2, 0.25) is 0 Å². The van der Waals surface area contributed by atoms with Crippen LogP contribution in [-0.4, -0.2) is 15.8 Å². The number of ether oxygens (including phenoxy) is 1. The van der Waals surface area contributed by atoms with Crippen LogP contribution in [-0.2, 0) is 13.2 Å². The second-order valence-electron chi connectivity index (χ2n) is 7.50. The number of hydrogen-bond donors (Lipinski definition) is 1. The molecular weight excluding hydrogens is 396 g/mol. The molecule has 0 aliphatic heterocycles. The zero-order chi connectivity index (χ0) is 21.8. The summed E-state index contributed by atoms with van der Waals surface area (Å²) in [5.41, 5.74) is 7.19. The van der Waals surface area contributed by atoms with E-state index in [9.17, 15) is 0 Å². The molecule has 0 atom stereocenters. The molecular formula is C27H24N4O. The lowest BCUT2D eigenvalue weighted by Gasteiger charge is -2.11. The Kier molecular flexibility index (Phi) is 5.54. The fourth-order valence-electron chi connectivity index (χ4n) is 3.93. The highest BCUT2D eigenvalue weighted by Gasteiger charge is 2.08. The van der Waals surface area contributed by atoms with Gasteiger partial charge in [0.25, 0.3) is 0 Å². The first kappa shape index (κ1) is 19.8. The number of nitrogens with zero attached hydrogens (tertiary/aromatic N) is 3. The Labute approximate surface area is 187 Å². The van der Waals surface area contributed by atoms with Crippen molar-refractivity contribution in [1.82, 2.24) is 9.55 Å². The number of benzene rings is 4. The van der Waals surface area contributed by atoms with Crippen LogP contribution in [0.15, 0.2) is 96.1 Å². The Morgan fingerprint density at radius 1 is 0.906 bits per heavy atom. The molecule has 5 aromatic rings. The van der Waals surface area contributed by atoms with Crippen LogP contribution in [0.4, 0.5) is 5.95 Å². The minimum atomic E-state index is 0.491. The highest BCUT2D eigenvalue weighted by Crippen LogP contribution is 2.23. The zero-order valence-corrected chi connectivity index (χ0v) is 17.9. The van der Waals surface area contributed by atoms with Gasteiger partial charge in [0, 0.05) is 12.1 Å². The molecule has 0 unspecified atom stereocenters. The number of para-hydroxylation sites is 3. The normalized spacial score (nSPS) is 11.4. The summed E-state index contributed by atoms with van der Waals surface area (Å²) in [7, 11) is 0. The van der Waals surface area contributed by atoms with Crippen molar-refractivity contribution in [2.75, 3.05) is 5.43 Å². The van der Waals surface area contributed by atoms with Crippen molar-refractivity contribution < 1.29 is 4.74 Å². The van der Waals surface area contributed by atoms with Gasteiger partial charge < -0.3 is 9.30 Å². The molecule has 4 aromatic carbocycles. The molecule has 5 heteroatoms. The van der Waals surface area contributed by atoms with Crippen molar-refractivity contribution in [3.8, 4) is 5.75 Å². The largest absolute Gasteiger partial charge is 0.488 e. The van der Waals surface area contributed by atoms with Crippen molar-refractivity contribution in [2.24, 2.45) is 5.10 Å². The molecule has 1 aromatic heterocycles. The third-order valence-electron chi connectivity index (χ3n) is 5.52. The van der Waals surface area contributed by atoms with Gasteiger partial charge in [0.1, 0.15) is 12.4 Å². The van der Waals surface area contributed by atoms with E-state index in [1.807, 2.05) is 42.5 Å². The SMILES string of the molecule is CCn1c(N/N=C\c2ccccc2OCc2cccc3ccccc23)nc2ccccc21. The fraction of sp³-hybridized carbons (Fsp3) is 0.111. The first-order valence-corrected chi connectivity index (χ1v) is 10.8. The number of hydrazone groups is 1. The zero-order valence-electron chi connectivity index (χ0n) is 17.9. The molecule has 0 fully saturated rings. The molecule has 32 heavy (non-hydrogen) atoms. The van der Waals surface area contributed by atoms with Gasteiger partial charge >= 0.3 is 0 Å². The molecule has 0 aliphatic rings. The third kappa shape index (κ3) is 3.93. The first-order chi connectivity index (χ1) is 15.8. The third-order valence-corrected chi connectivity index (χ3v) is 5.52. The van der Waals surface area contributed by atoms with Gasteiger partial charge in [0.05, 0.1) is 17.2 Å². The maximum atomic E-state index is 6.19. The lowest BCUT2D eigenvalue weighted by molar-refractivity contribution is 0.307. The van der Waals surface area contributed by atoms with E-state index in [2.05, 4.69) is 75.5 Å². The molecule has 0 aliphatic carbocycles. The van der Waals surface area contributed by atoms with Crippen molar-refractivity contribution in [3.05, 3.63) is 102 Å². The van der Waals surface area contributed by atoms with E-state index >= 15 is 0 Å². The van der Waals surface area contributed by atoms with Crippen molar-refractivity contribution >= 4 is 34.0 Å². The van der Waals surface area contributed by atoms with E-state index in [0.717, 1.165) is 40.4 Å². The average Bonchev–Trinajstić information content (AvgIpc) is 3.20. The maximum Gasteiger partial charge on any atom is 0.224 e. The van der Waals surface area contributed by atoms with Crippen LogP contribution in [0.3, 0.4) is 0 Å². The monoisotopic (exact) mass is 420 g/mol. The summed E-state index contributed by atoms with van der Waals surface area (Å²) in [6.07, 6.45) is 1.78. The average molecular weight is 421 g/mol. The van der Waals surface area contributed by atoms with Gasteiger partial charge in [-0.2, -0.15) is 5.10 Å². The second-order valence-corrected chi connectivity index (χ2v) is 7.50. The smallest absolute Gasteiger partial charge is 0.224 e. The maximum absolute atomic E-state index is 6.19. The Morgan fingerprint density at radius 3 is 2.62 bits per heavy atom. The van der Waals surface area contributed by atoms with Gasteiger partial charge in [-0.3, -0.25) is 0 Å². The van der Waals surface area contributed by atoms with Crippen LogP contribution >= 0.6 is 0 Å². The number of fused-ring (bicyclic) bond motifs is 2. The fourth-order valence-corrected chi connectivity index (χ4v) is 3.93. The van der Waals surface area contributed by atoms with Crippen LogP contribution in [0, 0.1) is 0 Å². The van der Waals surface area contributed by atoms with E-state index in [-0.39, 0.29) is 0 Å². The molecule has 0 amide bonds. The number of aryl methyl sites for hydroxylation is 1. The van der Waals surface area contributed by atoms with Gasteiger partial charge in [0.2, 0.25) is 5.95 Å². The summed E-state index contributed by atoms with van der Waals surface area (Å²) in [4.78, 5) is 4.65. The number of rotatable bonds is 7. The summed E-state index contributed by atoms with van der Waals surface area (Å²) < 4.78 is 8.29. The highest BCUT2D eigenvalue weighted by molar-refractivity contribution is 5.86. The van der Waals surface area contributed by atoms with Gasteiger partial charge in [-0.15, -0.1) is 0 Å². The lowest BCUT2D eigenvalue weighted by atomic mass is 10.1. The van der Waals surface area contributed by atoms with Gasteiger partial charge in [-0.1, -0.05) is 66.7 Å². The van der Waals surface area contributed by atoms with E-state index in [0.29, 0.717) is 6.61 Å². The van der Waals surface area contributed by atoms with Crippen LogP contribution in [0.25, 0.3) is 21.8 Å². The first-order valence-electron chi connectivity index (χ1n) is 10.8. The van der Waals surface area contributed by atoms with E-state index in [1.165, 1.54) is 10.8 Å². The molecule has 0 radical (unpaired) electrons.